The number of carbonyl (C=O) groups excluding carboxylic acids is 1. The number of fused-ring (bicyclic) bond motifs is 10. The summed E-state index contributed by atoms with van der Waals surface area (Å²) < 4.78 is 0. The monoisotopic (exact) mass is 565 g/mol. The molecular formula is C42H31NO. The van der Waals surface area contributed by atoms with Gasteiger partial charge in [0.05, 0.1) is 11.1 Å². The van der Waals surface area contributed by atoms with Gasteiger partial charge in [0.25, 0.3) is 0 Å². The molecule has 210 valence electrons. The highest BCUT2D eigenvalue weighted by atomic mass is 16.1. The van der Waals surface area contributed by atoms with Crippen molar-refractivity contribution in [2.75, 3.05) is 7.05 Å². The van der Waals surface area contributed by atoms with E-state index in [1.807, 2.05) is 44.3 Å². The normalized spacial score (nSPS) is 15.9. The second-order valence-corrected chi connectivity index (χ2v) is 12.0. The van der Waals surface area contributed by atoms with Crippen LogP contribution < -0.4 is 0 Å². The first-order chi connectivity index (χ1) is 21.5. The van der Waals surface area contributed by atoms with Gasteiger partial charge < -0.3 is 0 Å². The van der Waals surface area contributed by atoms with Crippen LogP contribution in [0.1, 0.15) is 60.4 Å². The van der Waals surface area contributed by atoms with Crippen molar-refractivity contribution in [3.8, 4) is 22.3 Å². The predicted octanol–water partition coefficient (Wildman–Crippen LogP) is 9.35. The van der Waals surface area contributed by atoms with Crippen LogP contribution in [0.15, 0.2) is 138 Å². The second kappa shape index (κ2) is 9.86. The molecule has 0 aliphatic heterocycles. The van der Waals surface area contributed by atoms with Gasteiger partial charge in [-0.3, -0.25) is 9.79 Å². The number of aliphatic imine (C=N–C) groups is 1. The largest absolute Gasteiger partial charge is 0.289 e. The molecule has 0 heterocycles. The van der Waals surface area contributed by atoms with E-state index in [9.17, 15) is 4.79 Å². The summed E-state index contributed by atoms with van der Waals surface area (Å²) in [6, 6.07) is 47.1. The molecule has 0 bridgehead atoms. The van der Waals surface area contributed by atoms with Gasteiger partial charge >= 0.3 is 0 Å². The second-order valence-electron chi connectivity index (χ2n) is 12.0. The number of carbonyl (C=O) groups is 1. The lowest BCUT2D eigenvalue weighted by Crippen LogP contribution is -2.26. The van der Waals surface area contributed by atoms with Gasteiger partial charge in [0.1, 0.15) is 0 Å². The van der Waals surface area contributed by atoms with Gasteiger partial charge in [0.2, 0.25) is 0 Å². The molecule has 0 N–H and O–H groups in total. The van der Waals surface area contributed by atoms with Crippen molar-refractivity contribution >= 4 is 11.5 Å². The molecule has 0 radical (unpaired) electrons. The summed E-state index contributed by atoms with van der Waals surface area (Å²) in [6.45, 7) is 4.15. The fourth-order valence-corrected chi connectivity index (χ4v) is 7.44. The van der Waals surface area contributed by atoms with Gasteiger partial charge in [-0.25, -0.2) is 0 Å². The molecule has 0 amide bonds. The first kappa shape index (κ1) is 26.3. The van der Waals surface area contributed by atoms with Crippen molar-refractivity contribution in [2.45, 2.75) is 19.3 Å². The van der Waals surface area contributed by atoms with Crippen LogP contribution in [0.4, 0.5) is 0 Å². The van der Waals surface area contributed by atoms with Crippen molar-refractivity contribution in [1.82, 2.24) is 0 Å². The molecule has 8 rings (SSSR count). The van der Waals surface area contributed by atoms with Crippen molar-refractivity contribution in [2.24, 2.45) is 4.99 Å². The average Bonchev–Trinajstić information content (AvgIpc) is 3.53. The Morgan fingerprint density at radius 2 is 0.909 bits per heavy atom. The van der Waals surface area contributed by atoms with Crippen LogP contribution in [0.25, 0.3) is 22.3 Å². The SMILES string of the molecule is CN=C(c1ccc(C)cc1)c1ccc2c(c1)C1(c3ccccc3-c3ccc(C(=O)c4ccc(C)cc4)cc31)c1ccccc1-2. The number of aryl methyl sites for hydroxylation is 2. The van der Waals surface area contributed by atoms with E-state index >= 15 is 0 Å². The first-order valence-corrected chi connectivity index (χ1v) is 15.1. The highest BCUT2D eigenvalue weighted by molar-refractivity contribution is 6.14. The van der Waals surface area contributed by atoms with Gasteiger partial charge in [-0.05, 0) is 70.5 Å². The zero-order chi connectivity index (χ0) is 30.0. The molecule has 0 aromatic heterocycles. The Bertz CT molecular complexity index is 2140. The molecule has 1 atom stereocenters. The number of hydrogen-bond donors (Lipinski definition) is 0. The standard InChI is InChI=1S/C42H31NO/c1-26-12-16-28(17-13-26)40(43-3)30-20-22-34-32-8-4-6-10-36(32)42(38(34)24-30)37-11-7-5-9-33(37)35-23-21-31(25-39(35)42)41(44)29-18-14-27(2)15-19-29/h4-25H,1-3H3. The van der Waals surface area contributed by atoms with E-state index in [-0.39, 0.29) is 5.78 Å². The Labute approximate surface area is 258 Å². The minimum absolute atomic E-state index is 0.0407. The van der Waals surface area contributed by atoms with Crippen molar-refractivity contribution in [3.63, 3.8) is 0 Å². The predicted molar refractivity (Wildman–Crippen MR) is 180 cm³/mol. The molecule has 44 heavy (non-hydrogen) atoms. The fourth-order valence-electron chi connectivity index (χ4n) is 7.44. The number of benzene rings is 6. The minimum atomic E-state index is -0.552. The molecule has 1 spiro atoms. The zero-order valence-electron chi connectivity index (χ0n) is 25.1. The molecular weight excluding hydrogens is 534 g/mol. The van der Waals surface area contributed by atoms with Crippen LogP contribution >= 0.6 is 0 Å². The third kappa shape index (κ3) is 3.67. The van der Waals surface area contributed by atoms with E-state index in [0.29, 0.717) is 11.1 Å². The average molecular weight is 566 g/mol. The summed E-state index contributed by atoms with van der Waals surface area (Å²) in [5.74, 6) is 0.0407. The molecule has 6 aromatic carbocycles. The maximum absolute atomic E-state index is 13.9. The minimum Gasteiger partial charge on any atom is -0.289 e. The van der Waals surface area contributed by atoms with E-state index in [4.69, 9.17) is 4.99 Å². The topological polar surface area (TPSA) is 29.4 Å². The van der Waals surface area contributed by atoms with Crippen LogP contribution in [-0.4, -0.2) is 18.5 Å². The lowest BCUT2D eigenvalue weighted by atomic mass is 9.70. The summed E-state index contributed by atoms with van der Waals surface area (Å²) in [7, 11) is 1.87. The Kier molecular flexibility index (Phi) is 5.89. The molecule has 2 aliphatic rings. The maximum Gasteiger partial charge on any atom is 0.193 e. The van der Waals surface area contributed by atoms with E-state index in [2.05, 4.69) is 110 Å². The molecule has 0 fully saturated rings. The van der Waals surface area contributed by atoms with Crippen molar-refractivity contribution in [3.05, 3.63) is 189 Å². The quantitative estimate of drug-likeness (QED) is 0.154. The Hall–Kier alpha value is -5.34. The third-order valence-corrected chi connectivity index (χ3v) is 9.49. The van der Waals surface area contributed by atoms with Crippen LogP contribution in [0.3, 0.4) is 0 Å². The highest BCUT2D eigenvalue weighted by Gasteiger charge is 2.51. The Morgan fingerprint density at radius 3 is 1.45 bits per heavy atom. The van der Waals surface area contributed by atoms with Crippen LogP contribution in [0.2, 0.25) is 0 Å². The van der Waals surface area contributed by atoms with E-state index in [1.165, 1.54) is 44.5 Å². The van der Waals surface area contributed by atoms with Gasteiger partial charge in [-0.2, -0.15) is 0 Å². The van der Waals surface area contributed by atoms with Gasteiger partial charge in [-0.15, -0.1) is 0 Å². The summed E-state index contributed by atoms with van der Waals surface area (Å²) in [5.41, 5.74) is 16.1. The molecule has 0 saturated carbocycles. The van der Waals surface area contributed by atoms with E-state index in [0.717, 1.165) is 28.0 Å². The molecule has 6 aromatic rings. The smallest absolute Gasteiger partial charge is 0.193 e. The summed E-state index contributed by atoms with van der Waals surface area (Å²) >= 11 is 0. The zero-order valence-corrected chi connectivity index (χ0v) is 25.1. The summed E-state index contributed by atoms with van der Waals surface area (Å²) in [4.78, 5) is 18.7. The number of ketones is 1. The highest BCUT2D eigenvalue weighted by Crippen LogP contribution is 2.63. The van der Waals surface area contributed by atoms with Crippen molar-refractivity contribution < 1.29 is 4.79 Å². The lowest BCUT2D eigenvalue weighted by Gasteiger charge is -2.31. The Balaban J connectivity index is 1.40. The number of nitrogens with zero attached hydrogens (tertiary/aromatic N) is 1. The number of rotatable bonds is 4. The summed E-state index contributed by atoms with van der Waals surface area (Å²) in [5, 5.41) is 0. The molecule has 2 heteroatoms. The van der Waals surface area contributed by atoms with Crippen LogP contribution in [0, 0.1) is 13.8 Å². The Morgan fingerprint density at radius 1 is 0.477 bits per heavy atom. The summed E-state index contributed by atoms with van der Waals surface area (Å²) in [6.07, 6.45) is 0. The molecule has 2 nitrogen and oxygen atoms in total. The van der Waals surface area contributed by atoms with Gasteiger partial charge in [0, 0.05) is 29.3 Å². The van der Waals surface area contributed by atoms with E-state index in [1.54, 1.807) is 0 Å². The molecule has 0 saturated heterocycles. The van der Waals surface area contributed by atoms with E-state index < -0.39 is 5.41 Å². The van der Waals surface area contributed by atoms with Crippen LogP contribution in [-0.2, 0) is 5.41 Å². The lowest BCUT2D eigenvalue weighted by molar-refractivity contribution is 0.103. The van der Waals surface area contributed by atoms with Gasteiger partial charge in [-0.1, -0.05) is 132 Å². The van der Waals surface area contributed by atoms with Gasteiger partial charge in [0.15, 0.2) is 5.78 Å². The number of hydrogen-bond acceptors (Lipinski definition) is 2. The maximum atomic E-state index is 13.9. The van der Waals surface area contributed by atoms with Crippen molar-refractivity contribution in [1.29, 1.82) is 0 Å². The first-order valence-electron chi connectivity index (χ1n) is 15.1. The fraction of sp³-hybridized carbons (Fsp3) is 0.0952. The molecule has 2 aliphatic carbocycles. The molecule has 1 unspecified atom stereocenters. The third-order valence-electron chi connectivity index (χ3n) is 9.49. The van der Waals surface area contributed by atoms with Crippen LogP contribution in [0.5, 0.6) is 0 Å².